The van der Waals surface area contributed by atoms with Crippen molar-refractivity contribution in [2.45, 2.75) is 25.7 Å². The summed E-state index contributed by atoms with van der Waals surface area (Å²) in [6.45, 7) is 7.69. The molecule has 1 aromatic carbocycles. The maximum atomic E-state index is 12.4. The van der Waals surface area contributed by atoms with Gasteiger partial charge in [-0.25, -0.2) is 13.1 Å². The van der Waals surface area contributed by atoms with Crippen molar-refractivity contribution in [1.82, 2.24) is 9.62 Å². The summed E-state index contributed by atoms with van der Waals surface area (Å²) in [6.07, 6.45) is 0. The largest absolute Gasteiger partial charge is 0.388 e. The molecule has 5 nitrogen and oxygen atoms in total. The van der Waals surface area contributed by atoms with Crippen LogP contribution in [0.25, 0.3) is 0 Å². The highest BCUT2D eigenvalue weighted by molar-refractivity contribution is 7.89. The maximum absolute atomic E-state index is 12.4. The van der Waals surface area contributed by atoms with Crippen LogP contribution >= 0.6 is 0 Å². The lowest BCUT2D eigenvalue weighted by Crippen LogP contribution is -2.33. The lowest BCUT2D eigenvalue weighted by molar-refractivity contribution is 0.358. The van der Waals surface area contributed by atoms with Crippen LogP contribution in [0.5, 0.6) is 0 Å². The van der Waals surface area contributed by atoms with E-state index in [-0.39, 0.29) is 0 Å². The molecule has 1 aromatic rings. The predicted octanol–water partition coefficient (Wildman–Crippen LogP) is 1.58. The van der Waals surface area contributed by atoms with Gasteiger partial charge >= 0.3 is 0 Å². The van der Waals surface area contributed by atoms with Gasteiger partial charge in [-0.2, -0.15) is 0 Å². The lowest BCUT2D eigenvalue weighted by atomic mass is 10.1. The van der Waals surface area contributed by atoms with Crippen molar-refractivity contribution in [3.05, 3.63) is 23.3 Å². The highest BCUT2D eigenvalue weighted by atomic mass is 32.2. The van der Waals surface area contributed by atoms with Crippen molar-refractivity contribution in [2.75, 3.05) is 39.0 Å². The molecule has 0 aromatic heterocycles. The van der Waals surface area contributed by atoms with Crippen molar-refractivity contribution in [3.63, 3.8) is 0 Å². The van der Waals surface area contributed by atoms with Crippen LogP contribution in [0.3, 0.4) is 0 Å². The van der Waals surface area contributed by atoms with Crippen LogP contribution in [0.15, 0.2) is 17.0 Å². The Bertz CT molecular complexity index is 533. The van der Waals surface area contributed by atoms with E-state index in [9.17, 15) is 8.42 Å². The van der Waals surface area contributed by atoms with Crippen molar-refractivity contribution in [3.8, 4) is 0 Å². The van der Waals surface area contributed by atoms with E-state index in [1.165, 1.54) is 0 Å². The zero-order valence-corrected chi connectivity index (χ0v) is 13.8. The Kier molecular flexibility index (Phi) is 5.98. The summed E-state index contributed by atoms with van der Waals surface area (Å²) in [7, 11) is 0.331. The van der Waals surface area contributed by atoms with Crippen LogP contribution in [-0.4, -0.2) is 47.0 Å². The molecule has 0 fully saturated rings. The molecule has 2 N–H and O–H groups in total. The van der Waals surface area contributed by atoms with Crippen LogP contribution in [0.1, 0.15) is 18.1 Å². The molecule has 20 heavy (non-hydrogen) atoms. The molecule has 0 aliphatic carbocycles. The van der Waals surface area contributed by atoms with Gasteiger partial charge in [0, 0.05) is 25.8 Å². The number of hydrogen-bond donors (Lipinski definition) is 2. The summed E-state index contributed by atoms with van der Waals surface area (Å²) in [5.74, 6) is 0. The van der Waals surface area contributed by atoms with E-state index >= 15 is 0 Å². The van der Waals surface area contributed by atoms with E-state index < -0.39 is 10.0 Å². The van der Waals surface area contributed by atoms with E-state index in [1.54, 1.807) is 0 Å². The number of sulfonamides is 1. The van der Waals surface area contributed by atoms with Gasteiger partial charge in [0.1, 0.15) is 0 Å². The predicted molar refractivity (Wildman–Crippen MR) is 83.8 cm³/mol. The Morgan fingerprint density at radius 3 is 2.20 bits per heavy atom. The first-order valence-corrected chi connectivity index (χ1v) is 8.27. The van der Waals surface area contributed by atoms with Crippen molar-refractivity contribution in [2.24, 2.45) is 0 Å². The molecule has 0 aliphatic heterocycles. The molecule has 0 saturated heterocycles. The fraction of sp³-hybridized carbons (Fsp3) is 0.571. The Labute approximate surface area is 122 Å². The fourth-order valence-corrected chi connectivity index (χ4v) is 3.59. The van der Waals surface area contributed by atoms with E-state index in [0.717, 1.165) is 23.4 Å². The second-order valence-corrected chi connectivity index (χ2v) is 6.69. The van der Waals surface area contributed by atoms with E-state index in [2.05, 4.69) is 14.9 Å². The minimum absolute atomic E-state index is 0.385. The molecule has 0 bridgehead atoms. The van der Waals surface area contributed by atoms with Gasteiger partial charge in [0.25, 0.3) is 0 Å². The summed E-state index contributed by atoms with van der Waals surface area (Å²) in [6, 6.07) is 3.69. The van der Waals surface area contributed by atoms with Gasteiger partial charge in [-0.3, -0.25) is 0 Å². The van der Waals surface area contributed by atoms with Crippen LogP contribution in [0.2, 0.25) is 0 Å². The van der Waals surface area contributed by atoms with Crippen molar-refractivity contribution >= 4 is 15.7 Å². The molecule has 0 unspecified atom stereocenters. The number of likely N-dealkylation sites (N-methyl/N-ethyl adjacent to an activating group) is 1. The van der Waals surface area contributed by atoms with E-state index in [1.807, 2.05) is 47.0 Å². The Morgan fingerprint density at radius 2 is 1.75 bits per heavy atom. The molecular formula is C14H25N3O2S. The van der Waals surface area contributed by atoms with Gasteiger partial charge in [-0.15, -0.1) is 0 Å². The van der Waals surface area contributed by atoms with E-state index in [4.69, 9.17) is 0 Å². The number of anilines is 1. The van der Waals surface area contributed by atoms with Crippen LogP contribution < -0.4 is 10.0 Å². The Balaban J connectivity index is 2.93. The maximum Gasteiger partial charge on any atom is 0.241 e. The minimum atomic E-state index is -3.45. The molecule has 0 aliphatic rings. The molecule has 114 valence electrons. The summed E-state index contributed by atoms with van der Waals surface area (Å²) in [5.41, 5.74) is 2.43. The zero-order chi connectivity index (χ0) is 15.3. The smallest absolute Gasteiger partial charge is 0.241 e. The SMILES string of the molecule is CCN(C)CCNS(=O)(=O)c1c(C)cc(NC)cc1C. The van der Waals surface area contributed by atoms with Gasteiger partial charge in [-0.1, -0.05) is 6.92 Å². The first kappa shape index (κ1) is 16.9. The second-order valence-electron chi connectivity index (χ2n) is 4.98. The Morgan fingerprint density at radius 1 is 1.20 bits per heavy atom. The highest BCUT2D eigenvalue weighted by Crippen LogP contribution is 2.23. The summed E-state index contributed by atoms with van der Waals surface area (Å²) >= 11 is 0. The molecule has 0 heterocycles. The topological polar surface area (TPSA) is 61.4 Å². The monoisotopic (exact) mass is 299 g/mol. The molecule has 6 heteroatoms. The van der Waals surface area contributed by atoms with Gasteiger partial charge in [0.2, 0.25) is 10.0 Å². The third-order valence-electron chi connectivity index (χ3n) is 3.34. The third kappa shape index (κ3) is 4.19. The molecule has 0 radical (unpaired) electrons. The molecule has 0 amide bonds. The first-order chi connectivity index (χ1) is 9.31. The van der Waals surface area contributed by atoms with Gasteiger partial charge in [0.05, 0.1) is 4.90 Å². The Hall–Kier alpha value is -1.11. The quantitative estimate of drug-likeness (QED) is 0.802. The van der Waals surface area contributed by atoms with Gasteiger partial charge in [-0.05, 0) is 50.7 Å². The van der Waals surface area contributed by atoms with Crippen LogP contribution in [-0.2, 0) is 10.0 Å². The fourth-order valence-electron chi connectivity index (χ4n) is 2.12. The average Bonchev–Trinajstić information content (AvgIpc) is 2.36. The third-order valence-corrected chi connectivity index (χ3v) is 5.11. The van der Waals surface area contributed by atoms with Gasteiger partial charge in [0.15, 0.2) is 0 Å². The number of benzene rings is 1. The molecular weight excluding hydrogens is 274 g/mol. The zero-order valence-electron chi connectivity index (χ0n) is 12.9. The standard InChI is InChI=1S/C14H25N3O2S/c1-6-17(5)8-7-16-20(18,19)14-11(2)9-13(15-4)10-12(14)3/h9-10,15-16H,6-8H2,1-5H3. The van der Waals surface area contributed by atoms with Crippen molar-refractivity contribution in [1.29, 1.82) is 0 Å². The molecule has 0 atom stereocenters. The summed E-state index contributed by atoms with van der Waals surface area (Å²) < 4.78 is 27.5. The number of nitrogens with one attached hydrogen (secondary N) is 2. The highest BCUT2D eigenvalue weighted by Gasteiger charge is 2.19. The number of nitrogens with zero attached hydrogens (tertiary/aromatic N) is 1. The molecule has 0 saturated carbocycles. The number of hydrogen-bond acceptors (Lipinski definition) is 4. The summed E-state index contributed by atoms with van der Waals surface area (Å²) in [5, 5.41) is 3.03. The first-order valence-electron chi connectivity index (χ1n) is 6.79. The van der Waals surface area contributed by atoms with Crippen LogP contribution in [0.4, 0.5) is 5.69 Å². The minimum Gasteiger partial charge on any atom is -0.388 e. The molecule has 0 spiro atoms. The normalized spacial score (nSPS) is 11.9. The lowest BCUT2D eigenvalue weighted by Gasteiger charge is -2.16. The van der Waals surface area contributed by atoms with Crippen LogP contribution in [0, 0.1) is 13.8 Å². The summed E-state index contributed by atoms with van der Waals surface area (Å²) in [4.78, 5) is 2.45. The number of aryl methyl sites for hydroxylation is 2. The molecule has 1 rings (SSSR count). The van der Waals surface area contributed by atoms with Gasteiger partial charge < -0.3 is 10.2 Å². The number of rotatable bonds is 7. The average molecular weight is 299 g/mol. The second kappa shape index (κ2) is 7.06. The van der Waals surface area contributed by atoms with E-state index in [0.29, 0.717) is 18.0 Å². The van der Waals surface area contributed by atoms with Crippen molar-refractivity contribution < 1.29 is 8.42 Å².